The molecule has 12 heteroatoms. The molecule has 0 spiro atoms. The third kappa shape index (κ3) is 3.29. The van der Waals surface area contributed by atoms with Crippen molar-refractivity contribution in [3.63, 3.8) is 0 Å². The standard InChI is InChI=1S/C15H19N5O7/c1-7(21)25-4-9-11(26-8(2)22)15(23,24-3)14(27-9)20-6-19-10-12(16)17-5-18-13(10)20/h5-6,9,11,14,23H,4H2,1-3H3,(H2,16,17,18)/t9-,11-,14-,15+/m1/s1. The minimum absolute atomic E-state index is 0.144. The first-order valence-corrected chi connectivity index (χ1v) is 7.94. The molecule has 3 rings (SSSR count). The van der Waals surface area contributed by atoms with Gasteiger partial charge >= 0.3 is 11.9 Å². The number of anilines is 1. The normalized spacial score (nSPS) is 27.6. The van der Waals surface area contributed by atoms with Crippen LogP contribution in [-0.2, 0) is 28.5 Å². The highest BCUT2D eigenvalue weighted by Gasteiger charge is 2.60. The number of carbonyl (C=O) groups is 2. The lowest BCUT2D eigenvalue weighted by Crippen LogP contribution is -2.50. The van der Waals surface area contributed by atoms with Gasteiger partial charge in [0.25, 0.3) is 5.79 Å². The molecule has 3 heterocycles. The molecule has 1 aliphatic rings. The average Bonchev–Trinajstić information content (AvgIpc) is 3.14. The minimum atomic E-state index is -2.11. The van der Waals surface area contributed by atoms with Crippen LogP contribution in [0.1, 0.15) is 20.1 Å². The molecule has 2 aromatic heterocycles. The Balaban J connectivity index is 2.03. The Hall–Kier alpha value is -2.83. The SMILES string of the molecule is CO[C@@]1(O)[C@H](OC(C)=O)[C@@H](COC(C)=O)O[C@H]1n1cnc2c(N)ncnc21. The Morgan fingerprint density at radius 1 is 1.33 bits per heavy atom. The van der Waals surface area contributed by atoms with Crippen molar-refractivity contribution in [3.8, 4) is 0 Å². The van der Waals surface area contributed by atoms with Gasteiger partial charge in [-0.25, -0.2) is 15.0 Å². The summed E-state index contributed by atoms with van der Waals surface area (Å²) in [6.45, 7) is 2.13. The second-order valence-corrected chi connectivity index (χ2v) is 5.90. The molecule has 0 unspecified atom stereocenters. The third-order valence-electron chi connectivity index (χ3n) is 4.11. The number of carbonyl (C=O) groups excluding carboxylic acids is 2. The van der Waals surface area contributed by atoms with Crippen LogP contribution in [0.15, 0.2) is 12.7 Å². The fraction of sp³-hybridized carbons (Fsp3) is 0.533. The van der Waals surface area contributed by atoms with E-state index in [1.807, 2.05) is 0 Å². The molecule has 0 amide bonds. The van der Waals surface area contributed by atoms with Crippen LogP contribution >= 0.6 is 0 Å². The van der Waals surface area contributed by atoms with E-state index in [4.69, 9.17) is 24.7 Å². The summed E-state index contributed by atoms with van der Waals surface area (Å²) in [5.41, 5.74) is 6.36. The fourth-order valence-electron chi connectivity index (χ4n) is 2.93. The first kappa shape index (κ1) is 18.9. The van der Waals surface area contributed by atoms with E-state index >= 15 is 0 Å². The van der Waals surface area contributed by atoms with E-state index in [-0.39, 0.29) is 18.1 Å². The molecule has 12 nitrogen and oxygen atoms in total. The average molecular weight is 381 g/mol. The number of fused-ring (bicyclic) bond motifs is 1. The number of esters is 2. The van der Waals surface area contributed by atoms with Gasteiger partial charge in [-0.2, -0.15) is 0 Å². The fourth-order valence-corrected chi connectivity index (χ4v) is 2.93. The molecular formula is C15H19N5O7. The number of rotatable bonds is 5. The van der Waals surface area contributed by atoms with Crippen molar-refractivity contribution in [3.05, 3.63) is 12.7 Å². The van der Waals surface area contributed by atoms with Gasteiger partial charge in [-0.3, -0.25) is 14.2 Å². The number of hydrogen-bond acceptors (Lipinski definition) is 11. The Labute approximate surface area is 153 Å². The molecule has 0 aromatic carbocycles. The number of imidazole rings is 1. The first-order chi connectivity index (χ1) is 12.8. The van der Waals surface area contributed by atoms with Gasteiger partial charge in [-0.1, -0.05) is 0 Å². The number of aromatic nitrogens is 4. The zero-order valence-corrected chi connectivity index (χ0v) is 14.9. The Morgan fingerprint density at radius 3 is 2.70 bits per heavy atom. The van der Waals surface area contributed by atoms with Crippen LogP contribution < -0.4 is 5.73 Å². The van der Waals surface area contributed by atoms with Gasteiger partial charge in [0.2, 0.25) is 0 Å². The predicted octanol–water partition coefficient (Wildman–Crippen LogP) is -0.864. The van der Waals surface area contributed by atoms with E-state index in [1.54, 1.807) is 0 Å². The second kappa shape index (κ2) is 7.06. The molecule has 27 heavy (non-hydrogen) atoms. The molecule has 0 aliphatic carbocycles. The van der Waals surface area contributed by atoms with Gasteiger partial charge in [-0.15, -0.1) is 0 Å². The molecule has 1 fully saturated rings. The number of nitrogens with zero attached hydrogens (tertiary/aromatic N) is 4. The maximum atomic E-state index is 11.5. The van der Waals surface area contributed by atoms with Crippen LogP contribution in [0.3, 0.4) is 0 Å². The van der Waals surface area contributed by atoms with E-state index in [1.165, 1.54) is 38.2 Å². The summed E-state index contributed by atoms with van der Waals surface area (Å²) in [5, 5.41) is 11.1. The number of nitrogen functional groups attached to an aromatic ring is 1. The Kier molecular flexibility index (Phi) is 4.95. The van der Waals surface area contributed by atoms with E-state index < -0.39 is 36.2 Å². The van der Waals surface area contributed by atoms with Crippen LogP contribution in [-0.4, -0.2) is 68.3 Å². The first-order valence-electron chi connectivity index (χ1n) is 7.94. The summed E-state index contributed by atoms with van der Waals surface area (Å²) < 4.78 is 22.6. The highest BCUT2D eigenvalue weighted by atomic mass is 16.7. The van der Waals surface area contributed by atoms with Crippen molar-refractivity contribution in [1.29, 1.82) is 0 Å². The summed E-state index contributed by atoms with van der Waals surface area (Å²) in [4.78, 5) is 34.8. The molecule has 4 atom stereocenters. The maximum absolute atomic E-state index is 11.5. The lowest BCUT2D eigenvalue weighted by molar-refractivity contribution is -0.268. The zero-order valence-electron chi connectivity index (χ0n) is 14.9. The summed E-state index contributed by atoms with van der Waals surface area (Å²) in [6.07, 6.45) is -0.919. The van der Waals surface area contributed by atoms with E-state index in [2.05, 4.69) is 15.0 Å². The lowest BCUT2D eigenvalue weighted by Gasteiger charge is -2.31. The molecule has 3 N–H and O–H groups in total. The Bertz CT molecular complexity index is 871. The quantitative estimate of drug-likeness (QED) is 0.489. The van der Waals surface area contributed by atoms with Crippen LogP contribution in [0.4, 0.5) is 5.82 Å². The number of methoxy groups -OCH3 is 1. The third-order valence-corrected chi connectivity index (χ3v) is 4.11. The van der Waals surface area contributed by atoms with Gasteiger partial charge in [0, 0.05) is 21.0 Å². The zero-order chi connectivity index (χ0) is 19.8. The summed E-state index contributed by atoms with van der Waals surface area (Å²) >= 11 is 0. The van der Waals surface area contributed by atoms with Gasteiger partial charge < -0.3 is 29.8 Å². The van der Waals surface area contributed by atoms with E-state index in [9.17, 15) is 14.7 Å². The van der Waals surface area contributed by atoms with Crippen molar-refractivity contribution in [2.24, 2.45) is 0 Å². The smallest absolute Gasteiger partial charge is 0.303 e. The number of aliphatic hydroxyl groups is 1. The lowest BCUT2D eigenvalue weighted by atomic mass is 10.1. The van der Waals surface area contributed by atoms with Crippen LogP contribution in [0.5, 0.6) is 0 Å². The second-order valence-electron chi connectivity index (χ2n) is 5.90. The summed E-state index contributed by atoms with van der Waals surface area (Å²) in [7, 11) is 1.23. The number of nitrogens with two attached hydrogens (primary N) is 1. The Morgan fingerprint density at radius 2 is 2.07 bits per heavy atom. The van der Waals surface area contributed by atoms with Crippen molar-refractivity contribution in [2.45, 2.75) is 38.1 Å². The van der Waals surface area contributed by atoms with Gasteiger partial charge in [0.1, 0.15) is 24.6 Å². The number of hydrogen-bond donors (Lipinski definition) is 2. The maximum Gasteiger partial charge on any atom is 0.303 e. The summed E-state index contributed by atoms with van der Waals surface area (Å²) in [6, 6.07) is 0. The van der Waals surface area contributed by atoms with E-state index in [0.29, 0.717) is 5.52 Å². The molecule has 0 bridgehead atoms. The summed E-state index contributed by atoms with van der Waals surface area (Å²) in [5.74, 6) is -3.19. The molecule has 146 valence electrons. The largest absolute Gasteiger partial charge is 0.463 e. The molecule has 0 radical (unpaired) electrons. The predicted molar refractivity (Wildman–Crippen MR) is 87.8 cm³/mol. The van der Waals surface area contributed by atoms with Crippen LogP contribution in [0.25, 0.3) is 11.2 Å². The van der Waals surface area contributed by atoms with Crippen LogP contribution in [0, 0.1) is 0 Å². The van der Waals surface area contributed by atoms with Gasteiger partial charge in [-0.05, 0) is 0 Å². The monoisotopic (exact) mass is 381 g/mol. The molecule has 1 aliphatic heterocycles. The van der Waals surface area contributed by atoms with Gasteiger partial charge in [0.05, 0.1) is 6.33 Å². The number of ether oxygens (including phenoxy) is 4. The molecule has 0 saturated carbocycles. The van der Waals surface area contributed by atoms with Crippen molar-refractivity contribution in [2.75, 3.05) is 19.5 Å². The molecular weight excluding hydrogens is 362 g/mol. The van der Waals surface area contributed by atoms with Crippen LogP contribution in [0.2, 0.25) is 0 Å². The highest BCUT2D eigenvalue weighted by Crippen LogP contribution is 2.42. The minimum Gasteiger partial charge on any atom is -0.463 e. The molecule has 2 aromatic rings. The van der Waals surface area contributed by atoms with Crippen molar-refractivity contribution >= 4 is 28.9 Å². The topological polar surface area (TPSA) is 161 Å². The highest BCUT2D eigenvalue weighted by molar-refractivity contribution is 5.81. The molecule has 1 saturated heterocycles. The van der Waals surface area contributed by atoms with E-state index in [0.717, 1.165) is 0 Å². The van der Waals surface area contributed by atoms with Gasteiger partial charge in [0.15, 0.2) is 23.8 Å². The van der Waals surface area contributed by atoms with Crippen molar-refractivity contribution in [1.82, 2.24) is 19.5 Å². The van der Waals surface area contributed by atoms with Crippen molar-refractivity contribution < 1.29 is 33.6 Å².